The van der Waals surface area contributed by atoms with E-state index < -0.39 is 5.41 Å². The number of pyridine rings is 2. The first kappa shape index (κ1) is 47.9. The molecule has 0 bridgehead atoms. The Hall–Kier alpha value is -8.73. The second-order valence-electron chi connectivity index (χ2n) is 19.9. The highest BCUT2D eigenvalue weighted by Gasteiger charge is 2.23. The quantitative estimate of drug-likeness (QED) is 0.0924. The van der Waals surface area contributed by atoms with Crippen LogP contribution < -0.4 is 0 Å². The van der Waals surface area contributed by atoms with Crippen LogP contribution in [0.3, 0.4) is 0 Å². The lowest BCUT2D eigenvalue weighted by Crippen LogP contribution is -2.15. The van der Waals surface area contributed by atoms with Crippen molar-refractivity contribution in [1.29, 1.82) is 0 Å². The van der Waals surface area contributed by atoms with Gasteiger partial charge in [-0.1, -0.05) is 209 Å². The molecule has 10 aromatic rings. The van der Waals surface area contributed by atoms with Gasteiger partial charge in [0.25, 0.3) is 0 Å². The number of carbonyl (C=O) groups excluding carboxylic acids is 1. The summed E-state index contributed by atoms with van der Waals surface area (Å²) in [6.07, 6.45) is 4.81. The number of aliphatic hydroxyl groups is 1. The van der Waals surface area contributed by atoms with E-state index in [1.165, 1.54) is 5.56 Å². The molecule has 0 saturated carbocycles. The first-order valence-electron chi connectivity index (χ1n) is 25.1. The fraction of sp³-hybridized carbons (Fsp3) is 0.116. The Morgan fingerprint density at radius 2 is 0.808 bits per heavy atom. The van der Waals surface area contributed by atoms with E-state index in [1.807, 2.05) is 51.4 Å². The van der Waals surface area contributed by atoms with Crippen LogP contribution in [0.5, 0.6) is 0 Å². The Morgan fingerprint density at radius 1 is 0.411 bits per heavy atom. The standard InChI is InChI=1S/C69H58N2O2/c1-46-39-65(70-44-63(46)49-23-11-7-12-24-49)53-35-33-51(34-36-53)58-29-17-18-30-59(58)55-40-54(57-28-16-15-25-50(57)37-38-67(72)47(2)68(73)69(3,4)5)41-56(42-55)60-31-19-20-32-61(60)64-45-71-66(52-26-13-8-14-27-52)43-62(64)48-21-9-6-10-22-48/h6-36,39-45,73H,37-38H2,1-5H3/b68-47-. The normalized spacial score (nSPS) is 11.8. The lowest BCUT2D eigenvalue weighted by Gasteiger charge is -2.20. The van der Waals surface area contributed by atoms with E-state index in [9.17, 15) is 9.90 Å². The molecule has 8 aromatic carbocycles. The summed E-state index contributed by atoms with van der Waals surface area (Å²) in [6.45, 7) is 9.66. The third kappa shape index (κ3) is 10.4. The van der Waals surface area contributed by atoms with Gasteiger partial charge in [0.05, 0.1) is 11.4 Å². The second-order valence-corrected chi connectivity index (χ2v) is 19.9. The number of Topliss-reactive ketones (excluding diaryl/α,β-unsaturated/α-hetero) is 1. The number of aliphatic hydroxyl groups excluding tert-OH is 1. The molecule has 2 heterocycles. The highest BCUT2D eigenvalue weighted by Crippen LogP contribution is 2.44. The van der Waals surface area contributed by atoms with E-state index in [0.29, 0.717) is 12.0 Å². The molecule has 1 N–H and O–H groups in total. The molecule has 0 aliphatic heterocycles. The molecule has 0 aliphatic rings. The lowest BCUT2D eigenvalue weighted by atomic mass is 9.85. The average molecular weight is 947 g/mol. The second kappa shape index (κ2) is 20.9. The fourth-order valence-electron chi connectivity index (χ4n) is 9.95. The summed E-state index contributed by atoms with van der Waals surface area (Å²) in [7, 11) is 0. The topological polar surface area (TPSA) is 63.1 Å². The van der Waals surface area contributed by atoms with Gasteiger partial charge in [-0.05, 0) is 128 Å². The molecule has 356 valence electrons. The van der Waals surface area contributed by atoms with Crippen LogP contribution in [0.2, 0.25) is 0 Å². The number of ketones is 1. The molecule has 4 nitrogen and oxygen atoms in total. The van der Waals surface area contributed by atoms with Gasteiger partial charge in [-0.2, -0.15) is 0 Å². The van der Waals surface area contributed by atoms with E-state index >= 15 is 0 Å². The minimum absolute atomic E-state index is 0.0539. The smallest absolute Gasteiger partial charge is 0.162 e. The van der Waals surface area contributed by atoms with Crippen molar-refractivity contribution in [3.8, 4) is 100 Å². The monoisotopic (exact) mass is 946 g/mol. The molecule has 4 heteroatoms. The predicted molar refractivity (Wildman–Crippen MR) is 304 cm³/mol. The SMILES string of the molecule is C/C(C(=O)CCc1ccccc1-c1cc(-c2ccccc2-c2ccc(-c3cc(C)c(-c4ccccc4)cn3)cc2)cc(-c2ccccc2-c2cnc(-c3ccccc3)cc2-c2ccccc2)c1)=C(/O)C(C)(C)C. The predicted octanol–water partition coefficient (Wildman–Crippen LogP) is 18.2. The van der Waals surface area contributed by atoms with Crippen LogP contribution in [0.1, 0.15) is 45.2 Å². The van der Waals surface area contributed by atoms with E-state index in [-0.39, 0.29) is 18.0 Å². The fourth-order valence-corrected chi connectivity index (χ4v) is 9.95. The molecule has 0 unspecified atom stereocenters. The summed E-state index contributed by atoms with van der Waals surface area (Å²) >= 11 is 0. The summed E-state index contributed by atoms with van der Waals surface area (Å²) < 4.78 is 0. The van der Waals surface area contributed by atoms with Gasteiger partial charge in [0, 0.05) is 52.1 Å². The molecular formula is C69H58N2O2. The summed E-state index contributed by atoms with van der Waals surface area (Å²) in [5.74, 6) is 0.0847. The Morgan fingerprint density at radius 3 is 1.37 bits per heavy atom. The van der Waals surface area contributed by atoms with Crippen LogP contribution in [0.15, 0.2) is 242 Å². The number of hydrogen-bond donors (Lipinski definition) is 1. The van der Waals surface area contributed by atoms with E-state index in [1.54, 1.807) is 6.92 Å². The van der Waals surface area contributed by atoms with Crippen LogP contribution in [0, 0.1) is 12.3 Å². The van der Waals surface area contributed by atoms with Crippen molar-refractivity contribution in [3.63, 3.8) is 0 Å². The minimum Gasteiger partial charge on any atom is -0.511 e. The zero-order valence-electron chi connectivity index (χ0n) is 42.1. The van der Waals surface area contributed by atoms with E-state index in [2.05, 4.69) is 207 Å². The molecule has 0 saturated heterocycles. The van der Waals surface area contributed by atoms with Gasteiger partial charge >= 0.3 is 0 Å². The Kier molecular flexibility index (Phi) is 13.7. The van der Waals surface area contributed by atoms with Gasteiger partial charge in [0.2, 0.25) is 0 Å². The van der Waals surface area contributed by atoms with Crippen molar-refractivity contribution in [3.05, 3.63) is 253 Å². The third-order valence-corrected chi connectivity index (χ3v) is 13.9. The Balaban J connectivity index is 1.10. The largest absolute Gasteiger partial charge is 0.511 e. The zero-order chi connectivity index (χ0) is 50.5. The van der Waals surface area contributed by atoms with Crippen molar-refractivity contribution in [2.45, 2.75) is 47.5 Å². The van der Waals surface area contributed by atoms with E-state index in [0.717, 1.165) is 106 Å². The van der Waals surface area contributed by atoms with Crippen LogP contribution in [0.25, 0.3) is 100 Å². The maximum atomic E-state index is 13.7. The Labute approximate surface area is 430 Å². The highest BCUT2D eigenvalue weighted by atomic mass is 16.3. The molecule has 0 spiro atoms. The van der Waals surface area contributed by atoms with Crippen molar-refractivity contribution < 1.29 is 9.90 Å². The zero-order valence-corrected chi connectivity index (χ0v) is 42.1. The van der Waals surface area contributed by atoms with Gasteiger partial charge in [-0.25, -0.2) is 0 Å². The number of hydrogen-bond acceptors (Lipinski definition) is 4. The third-order valence-electron chi connectivity index (χ3n) is 13.9. The number of nitrogens with zero attached hydrogens (tertiary/aromatic N) is 2. The number of allylic oxidation sites excluding steroid dienone is 2. The van der Waals surface area contributed by atoms with Gasteiger partial charge in [0.1, 0.15) is 5.76 Å². The lowest BCUT2D eigenvalue weighted by molar-refractivity contribution is -0.115. The number of benzene rings is 8. The molecule has 2 aromatic heterocycles. The summed E-state index contributed by atoms with van der Waals surface area (Å²) in [5.41, 5.74) is 21.3. The maximum Gasteiger partial charge on any atom is 0.162 e. The molecule has 0 amide bonds. The Bertz CT molecular complexity index is 3630. The first-order valence-corrected chi connectivity index (χ1v) is 25.1. The van der Waals surface area contributed by atoms with Crippen molar-refractivity contribution in [1.82, 2.24) is 9.97 Å². The van der Waals surface area contributed by atoms with Gasteiger partial charge in [-0.3, -0.25) is 14.8 Å². The minimum atomic E-state index is -0.517. The number of carbonyl (C=O) groups is 1. The maximum absolute atomic E-state index is 13.7. The molecule has 10 rings (SSSR count). The molecular weight excluding hydrogens is 889 g/mol. The van der Waals surface area contributed by atoms with Gasteiger partial charge in [0.15, 0.2) is 5.78 Å². The average Bonchev–Trinajstić information content (AvgIpc) is 3.44. The van der Waals surface area contributed by atoms with Crippen molar-refractivity contribution in [2.75, 3.05) is 0 Å². The van der Waals surface area contributed by atoms with Crippen molar-refractivity contribution >= 4 is 5.78 Å². The summed E-state index contributed by atoms with van der Waals surface area (Å²) in [4.78, 5) is 23.7. The van der Waals surface area contributed by atoms with Gasteiger partial charge in [-0.15, -0.1) is 0 Å². The number of rotatable bonds is 13. The van der Waals surface area contributed by atoms with Gasteiger partial charge < -0.3 is 5.11 Å². The molecule has 0 atom stereocenters. The molecule has 0 fully saturated rings. The first-order chi connectivity index (χ1) is 35.5. The van der Waals surface area contributed by atoms with Crippen LogP contribution >= 0.6 is 0 Å². The summed E-state index contributed by atoms with van der Waals surface area (Å²) in [6, 6.07) is 77.1. The highest BCUT2D eigenvalue weighted by molar-refractivity contribution is 5.97. The molecule has 0 aliphatic carbocycles. The van der Waals surface area contributed by atoms with E-state index in [4.69, 9.17) is 9.97 Å². The molecule has 0 radical (unpaired) electrons. The van der Waals surface area contributed by atoms with Crippen LogP contribution in [0.4, 0.5) is 0 Å². The summed E-state index contributed by atoms with van der Waals surface area (Å²) in [5, 5.41) is 11.0. The molecule has 73 heavy (non-hydrogen) atoms. The van der Waals surface area contributed by atoms with Crippen molar-refractivity contribution in [2.24, 2.45) is 5.41 Å². The number of aryl methyl sites for hydroxylation is 2. The van der Waals surface area contributed by atoms with Crippen LogP contribution in [-0.2, 0) is 11.2 Å². The number of aromatic nitrogens is 2. The van der Waals surface area contributed by atoms with Crippen LogP contribution in [-0.4, -0.2) is 20.9 Å².